The summed E-state index contributed by atoms with van der Waals surface area (Å²) >= 11 is 0. The van der Waals surface area contributed by atoms with E-state index < -0.39 is 11.7 Å². The van der Waals surface area contributed by atoms with Crippen LogP contribution in [0.15, 0.2) is 18.5 Å². The van der Waals surface area contributed by atoms with E-state index in [-0.39, 0.29) is 6.10 Å². The highest BCUT2D eigenvalue weighted by atomic mass is 19.1. The van der Waals surface area contributed by atoms with Gasteiger partial charge in [0.2, 0.25) is 0 Å². The Morgan fingerprint density at radius 3 is 2.81 bits per heavy atom. The van der Waals surface area contributed by atoms with Crippen molar-refractivity contribution in [1.82, 2.24) is 15.1 Å². The van der Waals surface area contributed by atoms with Crippen LogP contribution in [-0.2, 0) is 9.53 Å². The highest BCUT2D eigenvalue weighted by Gasteiger charge is 2.27. The molecule has 0 bridgehead atoms. The number of aromatic nitrogens is 2. The van der Waals surface area contributed by atoms with E-state index in [2.05, 4.69) is 22.8 Å². The lowest BCUT2D eigenvalue weighted by Crippen LogP contribution is -2.38. The second kappa shape index (κ2) is 5.97. The number of rotatable bonds is 3. The van der Waals surface area contributed by atoms with Gasteiger partial charge in [-0.3, -0.25) is 9.89 Å². The van der Waals surface area contributed by atoms with Crippen LogP contribution in [0.3, 0.4) is 0 Å². The summed E-state index contributed by atoms with van der Waals surface area (Å²) in [6, 6.07) is 2.08. The highest BCUT2D eigenvalue weighted by Crippen LogP contribution is 2.32. The van der Waals surface area contributed by atoms with Crippen molar-refractivity contribution in [3.05, 3.63) is 29.9 Å². The standard InChI is InChI=1S/C15H20FN3O2/c1-10(16)15(20)19-6-4-11(5-7-19)12-9-13(18-17-12)14-3-2-8-21-14/h9,11,14H,1-8H2,(H,17,18). The summed E-state index contributed by atoms with van der Waals surface area (Å²) in [5, 5.41) is 7.46. The van der Waals surface area contributed by atoms with Gasteiger partial charge in [0, 0.05) is 25.6 Å². The summed E-state index contributed by atoms with van der Waals surface area (Å²) in [6.45, 7) is 4.98. The van der Waals surface area contributed by atoms with E-state index in [1.807, 2.05) is 0 Å². The summed E-state index contributed by atoms with van der Waals surface area (Å²) in [5.41, 5.74) is 2.06. The van der Waals surface area contributed by atoms with Crippen molar-refractivity contribution in [2.24, 2.45) is 0 Å². The molecule has 1 amide bonds. The average molecular weight is 293 g/mol. The molecule has 1 aromatic rings. The number of hydrogen-bond acceptors (Lipinski definition) is 3. The Hall–Kier alpha value is -1.69. The second-order valence-electron chi connectivity index (χ2n) is 5.72. The van der Waals surface area contributed by atoms with Crippen molar-refractivity contribution in [2.75, 3.05) is 19.7 Å². The van der Waals surface area contributed by atoms with Crippen LogP contribution >= 0.6 is 0 Å². The van der Waals surface area contributed by atoms with Crippen molar-refractivity contribution < 1.29 is 13.9 Å². The van der Waals surface area contributed by atoms with E-state index in [9.17, 15) is 9.18 Å². The average Bonchev–Trinajstić information content (AvgIpc) is 3.17. The molecule has 1 atom stereocenters. The van der Waals surface area contributed by atoms with Gasteiger partial charge in [-0.15, -0.1) is 0 Å². The highest BCUT2D eigenvalue weighted by molar-refractivity contribution is 5.90. The first-order valence-electron chi connectivity index (χ1n) is 7.45. The normalized spacial score (nSPS) is 23.5. The van der Waals surface area contributed by atoms with Gasteiger partial charge in [-0.05, 0) is 31.7 Å². The number of aromatic amines is 1. The van der Waals surface area contributed by atoms with Gasteiger partial charge in [0.15, 0.2) is 5.83 Å². The molecular formula is C15H20FN3O2. The van der Waals surface area contributed by atoms with Crippen LogP contribution in [-0.4, -0.2) is 40.7 Å². The molecule has 2 aliphatic heterocycles. The van der Waals surface area contributed by atoms with Gasteiger partial charge < -0.3 is 9.64 Å². The fourth-order valence-corrected chi connectivity index (χ4v) is 3.10. The van der Waals surface area contributed by atoms with Crippen molar-refractivity contribution >= 4 is 5.91 Å². The summed E-state index contributed by atoms with van der Waals surface area (Å²) in [4.78, 5) is 13.1. The Labute approximate surface area is 123 Å². The number of halogens is 1. The van der Waals surface area contributed by atoms with Crippen molar-refractivity contribution in [2.45, 2.75) is 37.7 Å². The molecular weight excluding hydrogens is 273 g/mol. The number of carbonyl (C=O) groups is 1. The number of likely N-dealkylation sites (tertiary alicyclic amines) is 1. The Morgan fingerprint density at radius 2 is 2.19 bits per heavy atom. The van der Waals surface area contributed by atoms with Crippen LogP contribution < -0.4 is 0 Å². The minimum Gasteiger partial charge on any atom is -0.372 e. The molecule has 0 aliphatic carbocycles. The molecule has 0 spiro atoms. The van der Waals surface area contributed by atoms with E-state index >= 15 is 0 Å². The summed E-state index contributed by atoms with van der Waals surface area (Å²) in [6.07, 6.45) is 3.87. The minimum atomic E-state index is -0.881. The van der Waals surface area contributed by atoms with Crippen LogP contribution in [0.25, 0.3) is 0 Å². The molecule has 21 heavy (non-hydrogen) atoms. The number of nitrogens with one attached hydrogen (secondary N) is 1. The second-order valence-corrected chi connectivity index (χ2v) is 5.72. The number of ether oxygens (including phenoxy) is 1. The summed E-state index contributed by atoms with van der Waals surface area (Å²) in [5.74, 6) is -1.15. The third kappa shape index (κ3) is 3.00. The lowest BCUT2D eigenvalue weighted by Gasteiger charge is -2.30. The topological polar surface area (TPSA) is 58.2 Å². The number of amides is 1. The third-order valence-electron chi connectivity index (χ3n) is 4.33. The summed E-state index contributed by atoms with van der Waals surface area (Å²) < 4.78 is 18.5. The lowest BCUT2D eigenvalue weighted by atomic mass is 9.93. The van der Waals surface area contributed by atoms with Gasteiger partial charge >= 0.3 is 0 Å². The van der Waals surface area contributed by atoms with Gasteiger partial charge in [-0.25, -0.2) is 4.39 Å². The molecule has 2 saturated heterocycles. The van der Waals surface area contributed by atoms with Gasteiger partial charge in [-0.1, -0.05) is 6.58 Å². The van der Waals surface area contributed by atoms with Crippen molar-refractivity contribution in [3.8, 4) is 0 Å². The fraction of sp³-hybridized carbons (Fsp3) is 0.600. The molecule has 114 valence electrons. The molecule has 5 nitrogen and oxygen atoms in total. The molecule has 3 heterocycles. The molecule has 2 aliphatic rings. The molecule has 1 unspecified atom stereocenters. The SMILES string of the molecule is C=C(F)C(=O)N1CCC(c2cc(C3CCCO3)[nH]n2)CC1. The first-order chi connectivity index (χ1) is 10.1. The first-order valence-corrected chi connectivity index (χ1v) is 7.45. The number of hydrogen-bond donors (Lipinski definition) is 1. The van der Waals surface area contributed by atoms with E-state index in [0.717, 1.165) is 43.7 Å². The molecule has 6 heteroatoms. The molecule has 2 fully saturated rings. The Kier molecular flexibility index (Phi) is 4.05. The zero-order chi connectivity index (χ0) is 14.8. The molecule has 1 aromatic heterocycles. The van der Waals surface area contributed by atoms with E-state index in [1.165, 1.54) is 4.90 Å². The Balaban J connectivity index is 1.59. The number of H-pyrrole nitrogens is 1. The van der Waals surface area contributed by atoms with Crippen LogP contribution in [0.4, 0.5) is 4.39 Å². The van der Waals surface area contributed by atoms with E-state index in [1.54, 1.807) is 0 Å². The maximum Gasteiger partial charge on any atom is 0.281 e. The Morgan fingerprint density at radius 1 is 1.43 bits per heavy atom. The minimum absolute atomic E-state index is 0.141. The van der Waals surface area contributed by atoms with Gasteiger partial charge in [-0.2, -0.15) is 5.10 Å². The predicted octanol–water partition coefficient (Wildman–Crippen LogP) is 2.45. The predicted molar refractivity (Wildman–Crippen MR) is 75.3 cm³/mol. The smallest absolute Gasteiger partial charge is 0.281 e. The van der Waals surface area contributed by atoms with Crippen LogP contribution in [0.1, 0.15) is 49.1 Å². The monoisotopic (exact) mass is 293 g/mol. The zero-order valence-electron chi connectivity index (χ0n) is 12.0. The third-order valence-corrected chi connectivity index (χ3v) is 4.33. The largest absolute Gasteiger partial charge is 0.372 e. The quantitative estimate of drug-likeness (QED) is 0.871. The van der Waals surface area contributed by atoms with Crippen molar-refractivity contribution in [1.29, 1.82) is 0 Å². The summed E-state index contributed by atoms with van der Waals surface area (Å²) in [7, 11) is 0. The maximum atomic E-state index is 12.9. The number of nitrogens with zero attached hydrogens (tertiary/aromatic N) is 2. The van der Waals surface area contributed by atoms with Crippen molar-refractivity contribution in [3.63, 3.8) is 0 Å². The molecule has 1 N–H and O–H groups in total. The molecule has 0 saturated carbocycles. The molecule has 0 aromatic carbocycles. The Bertz CT molecular complexity index is 529. The maximum absolute atomic E-state index is 12.9. The fourth-order valence-electron chi connectivity index (χ4n) is 3.10. The van der Waals surface area contributed by atoms with Crippen LogP contribution in [0.5, 0.6) is 0 Å². The van der Waals surface area contributed by atoms with E-state index in [4.69, 9.17) is 4.74 Å². The first kappa shape index (κ1) is 14.3. The molecule has 0 radical (unpaired) electrons. The van der Waals surface area contributed by atoms with E-state index in [0.29, 0.717) is 19.0 Å². The number of carbonyl (C=O) groups excluding carboxylic acids is 1. The van der Waals surface area contributed by atoms with Gasteiger partial charge in [0.05, 0.1) is 17.5 Å². The van der Waals surface area contributed by atoms with Gasteiger partial charge in [0.1, 0.15) is 0 Å². The van der Waals surface area contributed by atoms with Crippen LogP contribution in [0.2, 0.25) is 0 Å². The number of piperidine rings is 1. The van der Waals surface area contributed by atoms with Gasteiger partial charge in [0.25, 0.3) is 5.91 Å². The molecule has 3 rings (SSSR count). The zero-order valence-corrected chi connectivity index (χ0v) is 12.0. The lowest BCUT2D eigenvalue weighted by molar-refractivity contribution is -0.129. The van der Waals surface area contributed by atoms with Crippen LogP contribution in [0, 0.1) is 0 Å².